The largest absolute Gasteiger partial charge is 0.464 e. The summed E-state index contributed by atoms with van der Waals surface area (Å²) in [5.74, 6) is 0.120. The van der Waals surface area contributed by atoms with Crippen molar-refractivity contribution in [2.75, 3.05) is 19.6 Å². The van der Waals surface area contributed by atoms with Crippen LogP contribution < -0.4 is 5.32 Å². The fourth-order valence-corrected chi connectivity index (χ4v) is 4.59. The zero-order valence-corrected chi connectivity index (χ0v) is 16.8. The number of piperidine rings is 1. The van der Waals surface area contributed by atoms with Gasteiger partial charge in [-0.25, -0.2) is 0 Å². The number of amides is 1. The minimum absolute atomic E-state index is 0.120. The molecule has 0 unspecified atom stereocenters. The number of allylic oxidation sites excluding steroid dienone is 1. The van der Waals surface area contributed by atoms with Gasteiger partial charge in [0.05, 0.1) is 12.7 Å². The summed E-state index contributed by atoms with van der Waals surface area (Å²) in [7, 11) is 0. The standard InChI is InChI=1S/C24H32N2O2/c27-24(17-20-9-6-10-23-22(20)13-16-28-23)25-21-11-14-26(15-12-21)18-19-7-4-2-1-3-5-8-19/h6-7,9-10,13,16,21H,1-5,8,11-12,14-15,17-18H2,(H,25,27). The number of nitrogens with one attached hydrogen (secondary N) is 1. The van der Waals surface area contributed by atoms with E-state index in [0.29, 0.717) is 12.5 Å². The van der Waals surface area contributed by atoms with Gasteiger partial charge in [0.2, 0.25) is 5.91 Å². The van der Waals surface area contributed by atoms with Crippen LogP contribution >= 0.6 is 0 Å². The molecule has 1 aliphatic heterocycles. The molecule has 150 valence electrons. The van der Waals surface area contributed by atoms with Crippen LogP contribution in [0.3, 0.4) is 0 Å². The van der Waals surface area contributed by atoms with Crippen molar-refractivity contribution in [1.82, 2.24) is 10.2 Å². The molecule has 1 N–H and O–H groups in total. The maximum Gasteiger partial charge on any atom is 0.224 e. The number of hydrogen-bond donors (Lipinski definition) is 1. The first-order valence-corrected chi connectivity index (χ1v) is 10.9. The fraction of sp³-hybridized carbons (Fsp3) is 0.542. The Bertz CT molecular complexity index is 815. The third kappa shape index (κ3) is 5.05. The SMILES string of the molecule is O=C(Cc1cccc2occc12)NC1CCN(CC2=CCCCCCC2)CC1. The molecular weight excluding hydrogens is 348 g/mol. The van der Waals surface area contributed by atoms with Gasteiger partial charge in [0.1, 0.15) is 5.58 Å². The van der Waals surface area contributed by atoms with Gasteiger partial charge >= 0.3 is 0 Å². The molecule has 1 aliphatic carbocycles. The van der Waals surface area contributed by atoms with E-state index in [2.05, 4.69) is 16.3 Å². The molecule has 4 heteroatoms. The highest BCUT2D eigenvalue weighted by molar-refractivity contribution is 5.87. The molecule has 4 rings (SSSR count). The summed E-state index contributed by atoms with van der Waals surface area (Å²) < 4.78 is 5.44. The monoisotopic (exact) mass is 380 g/mol. The molecule has 4 nitrogen and oxygen atoms in total. The maximum atomic E-state index is 12.6. The molecule has 1 saturated heterocycles. The summed E-state index contributed by atoms with van der Waals surface area (Å²) in [6, 6.07) is 8.16. The highest BCUT2D eigenvalue weighted by Crippen LogP contribution is 2.22. The Morgan fingerprint density at radius 1 is 1.11 bits per heavy atom. The Hall–Kier alpha value is -2.07. The van der Waals surface area contributed by atoms with Crippen LogP contribution in [0.15, 0.2) is 46.6 Å². The number of likely N-dealkylation sites (tertiary alicyclic amines) is 1. The molecule has 1 aromatic heterocycles. The van der Waals surface area contributed by atoms with Gasteiger partial charge in [0.15, 0.2) is 0 Å². The van der Waals surface area contributed by atoms with Crippen molar-refractivity contribution in [2.45, 2.75) is 63.8 Å². The van der Waals surface area contributed by atoms with Gasteiger partial charge in [-0.05, 0) is 56.2 Å². The summed E-state index contributed by atoms with van der Waals surface area (Å²) in [6.45, 7) is 3.29. The Kier molecular flexibility index (Phi) is 6.48. The van der Waals surface area contributed by atoms with E-state index in [0.717, 1.165) is 49.0 Å². The van der Waals surface area contributed by atoms with Crippen molar-refractivity contribution < 1.29 is 9.21 Å². The lowest BCUT2D eigenvalue weighted by Crippen LogP contribution is -2.45. The van der Waals surface area contributed by atoms with Crippen molar-refractivity contribution in [2.24, 2.45) is 0 Å². The molecule has 0 atom stereocenters. The summed E-state index contributed by atoms with van der Waals surface area (Å²) >= 11 is 0. The number of carbonyl (C=O) groups excluding carboxylic acids is 1. The van der Waals surface area contributed by atoms with Crippen molar-refractivity contribution in [3.63, 3.8) is 0 Å². The molecule has 2 heterocycles. The third-order valence-corrected chi connectivity index (χ3v) is 6.20. The Morgan fingerprint density at radius 2 is 1.96 bits per heavy atom. The fourth-order valence-electron chi connectivity index (χ4n) is 4.59. The average molecular weight is 381 g/mol. The van der Waals surface area contributed by atoms with E-state index in [1.165, 1.54) is 38.5 Å². The van der Waals surface area contributed by atoms with Gasteiger partial charge in [0.25, 0.3) is 0 Å². The minimum Gasteiger partial charge on any atom is -0.464 e. The van der Waals surface area contributed by atoms with Crippen molar-refractivity contribution >= 4 is 16.9 Å². The number of rotatable bonds is 5. The molecule has 0 spiro atoms. The number of nitrogens with zero attached hydrogens (tertiary/aromatic N) is 1. The number of fused-ring (bicyclic) bond motifs is 1. The smallest absolute Gasteiger partial charge is 0.224 e. The molecule has 1 fully saturated rings. The van der Waals surface area contributed by atoms with E-state index in [9.17, 15) is 4.79 Å². The summed E-state index contributed by atoms with van der Waals surface area (Å²) in [5.41, 5.74) is 3.52. The first kappa shape index (κ1) is 19.3. The van der Waals surface area contributed by atoms with Gasteiger partial charge in [-0.3, -0.25) is 9.69 Å². The summed E-state index contributed by atoms with van der Waals surface area (Å²) in [6.07, 6.45) is 14.7. The average Bonchev–Trinajstić information content (AvgIpc) is 3.15. The van der Waals surface area contributed by atoms with Crippen LogP contribution in [0.1, 0.15) is 56.9 Å². The minimum atomic E-state index is 0.120. The van der Waals surface area contributed by atoms with E-state index in [1.54, 1.807) is 11.8 Å². The lowest BCUT2D eigenvalue weighted by molar-refractivity contribution is -0.121. The molecular formula is C24H32N2O2. The van der Waals surface area contributed by atoms with E-state index in [1.807, 2.05) is 24.3 Å². The van der Waals surface area contributed by atoms with Crippen LogP contribution in [0.4, 0.5) is 0 Å². The van der Waals surface area contributed by atoms with Crippen LogP contribution in [0.25, 0.3) is 11.0 Å². The summed E-state index contributed by atoms with van der Waals surface area (Å²) in [4.78, 5) is 15.1. The zero-order chi connectivity index (χ0) is 19.2. The number of carbonyl (C=O) groups is 1. The highest BCUT2D eigenvalue weighted by atomic mass is 16.3. The van der Waals surface area contributed by atoms with Crippen molar-refractivity contribution in [1.29, 1.82) is 0 Å². The molecule has 0 radical (unpaired) electrons. The second kappa shape index (κ2) is 9.42. The number of furan rings is 1. The van der Waals surface area contributed by atoms with Crippen LogP contribution in [0.2, 0.25) is 0 Å². The zero-order valence-electron chi connectivity index (χ0n) is 16.8. The van der Waals surface area contributed by atoms with Gasteiger partial charge in [-0.1, -0.05) is 36.6 Å². The van der Waals surface area contributed by atoms with Crippen LogP contribution in [0, 0.1) is 0 Å². The predicted octanol–water partition coefficient (Wildman–Crippen LogP) is 4.84. The molecule has 1 amide bonds. The molecule has 2 aliphatic rings. The van der Waals surface area contributed by atoms with E-state index in [-0.39, 0.29) is 5.91 Å². The van der Waals surface area contributed by atoms with Gasteiger partial charge in [-0.2, -0.15) is 0 Å². The van der Waals surface area contributed by atoms with Crippen LogP contribution in [-0.2, 0) is 11.2 Å². The lowest BCUT2D eigenvalue weighted by Gasteiger charge is -2.33. The van der Waals surface area contributed by atoms with E-state index in [4.69, 9.17) is 4.42 Å². The second-order valence-electron chi connectivity index (χ2n) is 8.36. The van der Waals surface area contributed by atoms with Crippen LogP contribution in [0.5, 0.6) is 0 Å². The number of hydrogen-bond acceptors (Lipinski definition) is 3. The molecule has 1 aromatic carbocycles. The topological polar surface area (TPSA) is 45.5 Å². The normalized spacial score (nSPS) is 19.8. The first-order valence-electron chi connectivity index (χ1n) is 10.9. The first-order chi connectivity index (χ1) is 13.8. The lowest BCUT2D eigenvalue weighted by atomic mass is 9.98. The molecule has 2 aromatic rings. The molecule has 0 saturated carbocycles. The highest BCUT2D eigenvalue weighted by Gasteiger charge is 2.21. The van der Waals surface area contributed by atoms with Gasteiger partial charge in [0, 0.05) is 31.1 Å². The Morgan fingerprint density at radius 3 is 2.86 bits per heavy atom. The van der Waals surface area contributed by atoms with Crippen molar-refractivity contribution in [3.8, 4) is 0 Å². The van der Waals surface area contributed by atoms with Crippen molar-refractivity contribution in [3.05, 3.63) is 47.7 Å². The van der Waals surface area contributed by atoms with Gasteiger partial charge in [-0.15, -0.1) is 0 Å². The second-order valence-corrected chi connectivity index (χ2v) is 8.36. The molecule has 28 heavy (non-hydrogen) atoms. The Labute approximate surface area is 168 Å². The van der Waals surface area contributed by atoms with Crippen LogP contribution in [-0.4, -0.2) is 36.5 Å². The van der Waals surface area contributed by atoms with E-state index >= 15 is 0 Å². The van der Waals surface area contributed by atoms with E-state index < -0.39 is 0 Å². The third-order valence-electron chi connectivity index (χ3n) is 6.20. The van der Waals surface area contributed by atoms with Gasteiger partial charge < -0.3 is 9.73 Å². The molecule has 0 bridgehead atoms. The Balaban J connectivity index is 1.24. The summed E-state index contributed by atoms with van der Waals surface area (Å²) in [5, 5.41) is 4.30. The number of benzene rings is 1. The quantitative estimate of drug-likeness (QED) is 0.755. The maximum absolute atomic E-state index is 12.6. The predicted molar refractivity (Wildman–Crippen MR) is 113 cm³/mol.